The fraction of sp³-hybridized carbons (Fsp3) is 0.364. The van der Waals surface area contributed by atoms with E-state index in [1.807, 2.05) is 34.7 Å². The van der Waals surface area contributed by atoms with Crippen LogP contribution in [0.4, 0.5) is 0 Å². The molecule has 160 valence electrons. The van der Waals surface area contributed by atoms with Crippen LogP contribution in [0.25, 0.3) is 16.0 Å². The minimum Gasteiger partial charge on any atom is -0.369 e. The third-order valence-corrected chi connectivity index (χ3v) is 8.11. The molecule has 0 spiro atoms. The van der Waals surface area contributed by atoms with Crippen LogP contribution in [-0.2, 0) is 24.8 Å². The average molecular weight is 455 g/mol. The van der Waals surface area contributed by atoms with Gasteiger partial charge >= 0.3 is 0 Å². The van der Waals surface area contributed by atoms with Crippen molar-refractivity contribution in [3.8, 4) is 0 Å². The maximum absolute atomic E-state index is 13.2. The van der Waals surface area contributed by atoms with Gasteiger partial charge in [-0.3, -0.25) is 14.2 Å². The normalized spacial score (nSPS) is 18.5. The van der Waals surface area contributed by atoms with Crippen molar-refractivity contribution >= 4 is 44.9 Å². The Balaban J connectivity index is 1.61. The van der Waals surface area contributed by atoms with Crippen molar-refractivity contribution in [3.63, 3.8) is 0 Å². The lowest BCUT2D eigenvalue weighted by Gasteiger charge is -2.32. The van der Waals surface area contributed by atoms with E-state index in [0.717, 1.165) is 21.7 Å². The lowest BCUT2D eigenvalue weighted by atomic mass is 9.90. The van der Waals surface area contributed by atoms with Gasteiger partial charge in [0.05, 0.1) is 23.3 Å². The molecular weight excluding hydrogens is 432 g/mol. The van der Waals surface area contributed by atoms with E-state index in [1.54, 1.807) is 23.0 Å². The molecule has 3 aromatic heterocycles. The van der Waals surface area contributed by atoms with Crippen molar-refractivity contribution < 1.29 is 9.53 Å². The maximum atomic E-state index is 13.2. The Morgan fingerprint density at radius 2 is 2.06 bits per heavy atom. The highest BCUT2D eigenvalue weighted by Crippen LogP contribution is 2.39. The number of rotatable bonds is 5. The number of thioether (sulfide) groups is 1. The molecule has 9 heteroatoms. The number of carbonyl (C=O) groups excluding carboxylic acids is 1. The van der Waals surface area contributed by atoms with Crippen LogP contribution in [0.3, 0.4) is 0 Å². The summed E-state index contributed by atoms with van der Waals surface area (Å²) in [6.45, 7) is 4.70. The zero-order chi connectivity index (χ0) is 21.8. The molecule has 7 nitrogen and oxygen atoms in total. The molecule has 0 saturated heterocycles. The minimum atomic E-state index is -0.270. The first-order valence-electron chi connectivity index (χ1n) is 10.2. The van der Waals surface area contributed by atoms with E-state index in [2.05, 4.69) is 24.0 Å². The number of aromatic nitrogens is 4. The number of Topliss-reactive ketones (excluding diaryl/α,β-unsaturated/α-hetero) is 1. The molecule has 1 aromatic carbocycles. The third-order valence-electron chi connectivity index (χ3n) is 5.99. The van der Waals surface area contributed by atoms with Gasteiger partial charge in [0.25, 0.3) is 5.56 Å². The minimum absolute atomic E-state index is 0.0287. The standard InChI is InChI=1S/C22H22N4O3S2/c1-4-22(2)10-14-16(11-29-22)31-19-17(14)18(28)25(3)20-23-24-21(26(19)20)30-12-15(27)13-8-6-5-7-9-13/h5-9H,4,10-12H2,1-3H3/t22-/m0/s1. The first-order valence-corrected chi connectivity index (χ1v) is 12.0. The van der Waals surface area contributed by atoms with Crippen LogP contribution >= 0.6 is 23.1 Å². The molecule has 0 saturated carbocycles. The molecule has 0 radical (unpaired) electrons. The molecule has 1 aliphatic rings. The van der Waals surface area contributed by atoms with Gasteiger partial charge in [0.1, 0.15) is 4.83 Å². The number of fused-ring (bicyclic) bond motifs is 5. The van der Waals surface area contributed by atoms with E-state index in [4.69, 9.17) is 4.74 Å². The van der Waals surface area contributed by atoms with Crippen LogP contribution in [-0.4, -0.2) is 36.3 Å². The Bertz CT molecular complexity index is 1370. The number of hydrogen-bond acceptors (Lipinski definition) is 7. The maximum Gasteiger partial charge on any atom is 0.263 e. The monoisotopic (exact) mass is 454 g/mol. The molecule has 0 N–H and O–H groups in total. The number of thiophene rings is 1. The van der Waals surface area contributed by atoms with Crippen LogP contribution in [0.5, 0.6) is 0 Å². The second-order valence-corrected chi connectivity index (χ2v) is 10.0. The van der Waals surface area contributed by atoms with Gasteiger partial charge in [-0.1, -0.05) is 49.0 Å². The van der Waals surface area contributed by atoms with Crippen LogP contribution < -0.4 is 5.56 Å². The van der Waals surface area contributed by atoms with Crippen LogP contribution in [0.2, 0.25) is 0 Å². The topological polar surface area (TPSA) is 78.5 Å². The van der Waals surface area contributed by atoms with Crippen molar-refractivity contribution in [1.82, 2.24) is 19.2 Å². The van der Waals surface area contributed by atoms with Crippen LogP contribution in [0.1, 0.15) is 41.1 Å². The van der Waals surface area contributed by atoms with Crippen molar-refractivity contribution in [2.24, 2.45) is 7.05 Å². The smallest absolute Gasteiger partial charge is 0.263 e. The van der Waals surface area contributed by atoms with E-state index in [-0.39, 0.29) is 22.7 Å². The average Bonchev–Trinajstić information content (AvgIpc) is 3.37. The number of aryl methyl sites for hydroxylation is 1. The zero-order valence-corrected chi connectivity index (χ0v) is 19.2. The molecule has 31 heavy (non-hydrogen) atoms. The summed E-state index contributed by atoms with van der Waals surface area (Å²) >= 11 is 2.90. The summed E-state index contributed by atoms with van der Waals surface area (Å²) in [5, 5.41) is 9.88. The van der Waals surface area contributed by atoms with Gasteiger partial charge in [-0.2, -0.15) is 0 Å². The molecular formula is C22H22N4O3S2. The second kappa shape index (κ2) is 7.58. The SMILES string of the molecule is CC[C@@]1(C)Cc2c(sc3c2c(=O)n(C)c2nnc(SCC(=O)c4ccccc4)n32)CO1. The fourth-order valence-corrected chi connectivity index (χ4v) is 6.02. The first-order chi connectivity index (χ1) is 14.9. The summed E-state index contributed by atoms with van der Waals surface area (Å²) < 4.78 is 9.56. The second-order valence-electron chi connectivity index (χ2n) is 8.01. The van der Waals surface area contributed by atoms with Gasteiger partial charge < -0.3 is 4.74 Å². The molecule has 0 amide bonds. The van der Waals surface area contributed by atoms with Gasteiger partial charge in [-0.15, -0.1) is 21.5 Å². The van der Waals surface area contributed by atoms with E-state index in [1.165, 1.54) is 11.8 Å². The molecule has 0 aliphatic carbocycles. The highest BCUT2D eigenvalue weighted by molar-refractivity contribution is 7.99. The number of carbonyl (C=O) groups is 1. The van der Waals surface area contributed by atoms with Crippen LogP contribution in [0, 0.1) is 0 Å². The molecule has 0 unspecified atom stereocenters. The summed E-state index contributed by atoms with van der Waals surface area (Å²) in [4.78, 5) is 27.7. The van der Waals surface area contributed by atoms with Crippen molar-refractivity contribution in [1.29, 1.82) is 0 Å². The highest BCUT2D eigenvalue weighted by Gasteiger charge is 2.34. The Morgan fingerprint density at radius 1 is 1.29 bits per heavy atom. The van der Waals surface area contributed by atoms with Gasteiger partial charge in [0, 0.05) is 23.9 Å². The largest absolute Gasteiger partial charge is 0.369 e. The highest BCUT2D eigenvalue weighted by atomic mass is 32.2. The van der Waals surface area contributed by atoms with Gasteiger partial charge in [0.15, 0.2) is 10.9 Å². The lowest BCUT2D eigenvalue weighted by Crippen LogP contribution is -2.34. The van der Waals surface area contributed by atoms with Crippen LogP contribution in [0.15, 0.2) is 40.3 Å². The number of nitrogens with zero attached hydrogens (tertiary/aromatic N) is 4. The zero-order valence-electron chi connectivity index (χ0n) is 17.5. The number of benzene rings is 1. The van der Waals surface area contributed by atoms with Crippen molar-refractivity contribution in [2.75, 3.05) is 5.75 Å². The van der Waals surface area contributed by atoms with Crippen molar-refractivity contribution in [3.05, 3.63) is 56.7 Å². The van der Waals surface area contributed by atoms with E-state index >= 15 is 0 Å². The quantitative estimate of drug-likeness (QED) is 0.337. The van der Waals surface area contributed by atoms with E-state index < -0.39 is 0 Å². The molecule has 4 aromatic rings. The Hall–Kier alpha value is -2.49. The Kier molecular flexibility index (Phi) is 4.99. The van der Waals surface area contributed by atoms with E-state index in [9.17, 15) is 9.59 Å². The summed E-state index contributed by atoms with van der Waals surface area (Å²) in [5.41, 5.74) is 1.41. The predicted octanol–water partition coefficient (Wildman–Crippen LogP) is 3.86. The third kappa shape index (κ3) is 3.31. The summed E-state index contributed by atoms with van der Waals surface area (Å²) in [6, 6.07) is 9.21. The molecule has 4 heterocycles. The van der Waals surface area contributed by atoms with Gasteiger partial charge in [-0.05, 0) is 18.9 Å². The first kappa shape index (κ1) is 20.4. The summed E-state index contributed by atoms with van der Waals surface area (Å²) in [6.07, 6.45) is 1.58. The predicted molar refractivity (Wildman–Crippen MR) is 122 cm³/mol. The number of ether oxygens (including phenoxy) is 1. The molecule has 0 fully saturated rings. The molecule has 1 aliphatic heterocycles. The summed E-state index contributed by atoms with van der Waals surface area (Å²) in [7, 11) is 1.72. The Morgan fingerprint density at radius 3 is 2.81 bits per heavy atom. The molecule has 1 atom stereocenters. The Labute approximate surface area is 187 Å². The summed E-state index contributed by atoms with van der Waals surface area (Å²) in [5.74, 6) is 0.753. The van der Waals surface area contributed by atoms with E-state index in [0.29, 0.717) is 34.9 Å². The molecule has 5 rings (SSSR count). The fourth-order valence-electron chi connectivity index (χ4n) is 3.92. The van der Waals surface area contributed by atoms with Crippen molar-refractivity contribution in [2.45, 2.75) is 44.1 Å². The number of ketones is 1. The van der Waals surface area contributed by atoms with Gasteiger partial charge in [-0.25, -0.2) is 4.40 Å². The lowest BCUT2D eigenvalue weighted by molar-refractivity contribution is -0.0543. The number of hydrogen-bond donors (Lipinski definition) is 0. The van der Waals surface area contributed by atoms with Gasteiger partial charge in [0.2, 0.25) is 5.78 Å². The molecule has 0 bridgehead atoms.